The molecule has 0 radical (unpaired) electrons. The number of fused-ring (bicyclic) bond motifs is 5. The van der Waals surface area contributed by atoms with Crippen LogP contribution in [0.2, 0.25) is 0 Å². The van der Waals surface area contributed by atoms with Crippen molar-refractivity contribution in [2.45, 2.75) is 109 Å². The molecule has 0 aliphatic heterocycles. The van der Waals surface area contributed by atoms with E-state index in [1.54, 1.807) is 6.92 Å². The summed E-state index contributed by atoms with van der Waals surface area (Å²) in [7, 11) is 0. The second-order valence-corrected chi connectivity index (χ2v) is 12.3. The number of hydrogen-bond acceptors (Lipinski definition) is 2. The van der Waals surface area contributed by atoms with Crippen LogP contribution in [0, 0.1) is 40.4 Å². The summed E-state index contributed by atoms with van der Waals surface area (Å²) in [6.45, 7) is 6.29. The molecule has 0 spiro atoms. The highest BCUT2D eigenvalue weighted by molar-refractivity contribution is 5.25. The van der Waals surface area contributed by atoms with Crippen molar-refractivity contribution in [3.05, 3.63) is 11.6 Å². The third-order valence-corrected chi connectivity index (χ3v) is 10.7. The Labute approximate surface area is 198 Å². The molecule has 0 aromatic heterocycles. The molecule has 0 bridgehead atoms. The summed E-state index contributed by atoms with van der Waals surface area (Å²) in [5, 5.41) is 19.8. The van der Waals surface area contributed by atoms with Gasteiger partial charge in [-0.2, -0.15) is 26.3 Å². The maximum absolute atomic E-state index is 13.2. The van der Waals surface area contributed by atoms with Gasteiger partial charge in [0.15, 0.2) is 0 Å². The number of aliphatic hydroxyl groups is 2. The first kappa shape index (κ1) is 26.3. The summed E-state index contributed by atoms with van der Waals surface area (Å²) in [6.07, 6.45) is -3.93. The lowest BCUT2D eigenvalue weighted by atomic mass is 9.47. The second-order valence-electron chi connectivity index (χ2n) is 12.3. The highest BCUT2D eigenvalue weighted by atomic mass is 19.4. The van der Waals surface area contributed by atoms with Crippen LogP contribution in [-0.2, 0) is 0 Å². The Kier molecular flexibility index (Phi) is 6.49. The molecule has 0 amide bonds. The third-order valence-electron chi connectivity index (χ3n) is 10.7. The van der Waals surface area contributed by atoms with Gasteiger partial charge < -0.3 is 10.2 Å². The van der Waals surface area contributed by atoms with E-state index in [0.717, 1.165) is 51.4 Å². The maximum Gasteiger partial charge on any atom is 0.426 e. The molecule has 3 fully saturated rings. The SMILES string of the molecule is C[C@H](CCC(O)(C(F)(F)F)C(F)(F)F)[C@H]1CC[C@H]2[C@@H]3CC=C4C[C@@H](O)CC[C@]4(C)[C@H]3CC[C@]12C. The maximum atomic E-state index is 13.2. The highest BCUT2D eigenvalue weighted by Crippen LogP contribution is 2.67. The molecule has 0 aromatic rings. The fourth-order valence-electron chi connectivity index (χ4n) is 8.70. The van der Waals surface area contributed by atoms with Crippen molar-refractivity contribution < 1.29 is 36.6 Å². The van der Waals surface area contributed by atoms with E-state index < -0.39 is 24.4 Å². The smallest absolute Gasteiger partial charge is 0.393 e. The minimum atomic E-state index is -5.75. The summed E-state index contributed by atoms with van der Waals surface area (Å²) in [5.74, 6) is 1.12. The van der Waals surface area contributed by atoms with Crippen LogP contribution in [0.25, 0.3) is 0 Å². The molecule has 4 aliphatic carbocycles. The van der Waals surface area contributed by atoms with Crippen molar-refractivity contribution in [1.29, 1.82) is 0 Å². The van der Waals surface area contributed by atoms with Crippen LogP contribution in [0.5, 0.6) is 0 Å². The molecule has 2 nitrogen and oxygen atoms in total. The number of alkyl halides is 6. The number of rotatable bonds is 4. The van der Waals surface area contributed by atoms with E-state index in [4.69, 9.17) is 0 Å². The Morgan fingerprint density at radius 3 is 2.24 bits per heavy atom. The van der Waals surface area contributed by atoms with Gasteiger partial charge in [-0.1, -0.05) is 32.4 Å². The fraction of sp³-hybridized carbons (Fsp3) is 0.923. The van der Waals surface area contributed by atoms with Crippen LogP contribution in [0.3, 0.4) is 0 Å². The van der Waals surface area contributed by atoms with Gasteiger partial charge in [0.1, 0.15) is 0 Å². The quantitative estimate of drug-likeness (QED) is 0.319. The molecule has 34 heavy (non-hydrogen) atoms. The van der Waals surface area contributed by atoms with Gasteiger partial charge in [-0.05, 0) is 105 Å². The van der Waals surface area contributed by atoms with Gasteiger partial charge >= 0.3 is 12.4 Å². The molecule has 8 heteroatoms. The zero-order valence-corrected chi connectivity index (χ0v) is 20.3. The van der Waals surface area contributed by atoms with Crippen molar-refractivity contribution >= 4 is 0 Å². The second kappa shape index (κ2) is 8.39. The Bertz CT molecular complexity index is 790. The molecule has 0 heterocycles. The van der Waals surface area contributed by atoms with Gasteiger partial charge in [-0.25, -0.2) is 0 Å². The van der Waals surface area contributed by atoms with Crippen LogP contribution in [0.15, 0.2) is 11.6 Å². The van der Waals surface area contributed by atoms with E-state index in [0.29, 0.717) is 17.8 Å². The minimum absolute atomic E-state index is 0.0514. The van der Waals surface area contributed by atoms with E-state index in [2.05, 4.69) is 19.9 Å². The molecule has 4 aliphatic rings. The molecule has 4 rings (SSSR count). The first-order valence-electron chi connectivity index (χ1n) is 12.8. The van der Waals surface area contributed by atoms with Crippen molar-refractivity contribution in [3.8, 4) is 0 Å². The normalized spacial score (nSPS) is 41.9. The van der Waals surface area contributed by atoms with E-state index in [-0.39, 0.29) is 35.2 Å². The summed E-state index contributed by atoms with van der Waals surface area (Å²) >= 11 is 0. The van der Waals surface area contributed by atoms with Gasteiger partial charge in [0.05, 0.1) is 6.10 Å². The Morgan fingerprint density at radius 1 is 0.971 bits per heavy atom. The van der Waals surface area contributed by atoms with Crippen LogP contribution < -0.4 is 0 Å². The lowest BCUT2D eigenvalue weighted by molar-refractivity contribution is -0.370. The standard InChI is InChI=1S/C26H38F6O2/c1-15(8-13-24(34,25(27,28)29)26(30,31)32)19-6-7-20-18-5-4-16-14-17(33)9-11-22(16,2)21(18)10-12-23(19,20)3/h4,15,17-21,33-34H,5-14H2,1-3H3/t15-,17+,18+,19-,20+,21+,22+,23-/m1/s1. The average molecular weight is 497 g/mol. The van der Waals surface area contributed by atoms with Crippen LogP contribution in [-0.4, -0.2) is 34.3 Å². The molecular weight excluding hydrogens is 458 g/mol. The number of aliphatic hydroxyl groups excluding tert-OH is 1. The van der Waals surface area contributed by atoms with Crippen molar-refractivity contribution in [1.82, 2.24) is 0 Å². The Morgan fingerprint density at radius 2 is 1.62 bits per heavy atom. The van der Waals surface area contributed by atoms with Gasteiger partial charge in [0.25, 0.3) is 5.60 Å². The monoisotopic (exact) mass is 496 g/mol. The number of hydrogen-bond donors (Lipinski definition) is 2. The molecule has 0 saturated heterocycles. The van der Waals surface area contributed by atoms with Crippen LogP contribution in [0.1, 0.15) is 85.0 Å². The number of allylic oxidation sites excluding steroid dienone is 1. The van der Waals surface area contributed by atoms with Gasteiger partial charge in [-0.15, -0.1) is 0 Å². The predicted molar refractivity (Wildman–Crippen MR) is 117 cm³/mol. The Hall–Kier alpha value is -0.760. The molecule has 3 saturated carbocycles. The van der Waals surface area contributed by atoms with E-state index >= 15 is 0 Å². The lowest BCUT2D eigenvalue weighted by Gasteiger charge is -2.58. The predicted octanol–water partition coefficient (Wildman–Crippen LogP) is 7.20. The van der Waals surface area contributed by atoms with E-state index in [1.165, 1.54) is 5.57 Å². The largest absolute Gasteiger partial charge is 0.426 e. The topological polar surface area (TPSA) is 40.5 Å². The average Bonchev–Trinajstić information content (AvgIpc) is 3.08. The van der Waals surface area contributed by atoms with Crippen molar-refractivity contribution in [2.75, 3.05) is 0 Å². The van der Waals surface area contributed by atoms with Crippen molar-refractivity contribution in [3.63, 3.8) is 0 Å². The summed E-state index contributed by atoms with van der Waals surface area (Å²) in [5.41, 5.74) is -3.30. The zero-order valence-electron chi connectivity index (χ0n) is 20.3. The molecule has 8 atom stereocenters. The Balaban J connectivity index is 1.50. The van der Waals surface area contributed by atoms with E-state index in [9.17, 15) is 36.6 Å². The van der Waals surface area contributed by atoms with Gasteiger partial charge in [0.2, 0.25) is 0 Å². The first-order chi connectivity index (χ1) is 15.5. The highest BCUT2D eigenvalue weighted by Gasteiger charge is 2.70. The fourth-order valence-corrected chi connectivity index (χ4v) is 8.70. The first-order valence-corrected chi connectivity index (χ1v) is 12.8. The van der Waals surface area contributed by atoms with Crippen molar-refractivity contribution in [2.24, 2.45) is 40.4 Å². The van der Waals surface area contributed by atoms with Crippen LogP contribution in [0.4, 0.5) is 26.3 Å². The summed E-state index contributed by atoms with van der Waals surface area (Å²) in [4.78, 5) is 0. The lowest BCUT2D eigenvalue weighted by Crippen LogP contribution is -2.57. The van der Waals surface area contributed by atoms with Crippen LogP contribution >= 0.6 is 0 Å². The molecule has 0 unspecified atom stereocenters. The number of halogens is 6. The summed E-state index contributed by atoms with van der Waals surface area (Å²) in [6, 6.07) is 0. The van der Waals surface area contributed by atoms with Gasteiger partial charge in [0, 0.05) is 0 Å². The molecule has 2 N–H and O–H groups in total. The minimum Gasteiger partial charge on any atom is -0.393 e. The summed E-state index contributed by atoms with van der Waals surface area (Å²) < 4.78 is 79.0. The van der Waals surface area contributed by atoms with Gasteiger partial charge in [-0.3, -0.25) is 0 Å². The third kappa shape index (κ3) is 3.93. The zero-order chi connectivity index (χ0) is 25.3. The molecule has 0 aromatic carbocycles. The molecule has 196 valence electrons. The van der Waals surface area contributed by atoms with E-state index in [1.807, 2.05) is 0 Å². The molecular formula is C26H38F6O2.